The Morgan fingerprint density at radius 3 is 2.55 bits per heavy atom. The minimum absolute atomic E-state index is 0.346. The lowest BCUT2D eigenvalue weighted by Gasteiger charge is -2.27. The van der Waals surface area contributed by atoms with E-state index < -0.39 is 0 Å². The average molecular weight is 298 g/mol. The molecule has 112 valence electrons. The van der Waals surface area contributed by atoms with Crippen molar-refractivity contribution in [2.75, 3.05) is 26.8 Å². The van der Waals surface area contributed by atoms with Gasteiger partial charge in [-0.2, -0.15) is 0 Å². The van der Waals surface area contributed by atoms with E-state index >= 15 is 0 Å². The summed E-state index contributed by atoms with van der Waals surface area (Å²) in [7, 11) is 1.66. The maximum absolute atomic E-state index is 6.34. The van der Waals surface area contributed by atoms with Crippen LogP contribution in [-0.4, -0.2) is 32.2 Å². The van der Waals surface area contributed by atoms with Crippen LogP contribution in [0.2, 0.25) is 0 Å². The molecule has 0 bridgehead atoms. The Kier molecular flexibility index (Phi) is 6.48. The van der Waals surface area contributed by atoms with E-state index in [4.69, 9.17) is 21.1 Å². The molecule has 20 heavy (non-hydrogen) atoms. The Morgan fingerprint density at radius 2 is 1.85 bits per heavy atom. The Labute approximate surface area is 126 Å². The fourth-order valence-electron chi connectivity index (χ4n) is 2.59. The first-order valence-electron chi connectivity index (χ1n) is 7.41. The second-order valence-electron chi connectivity index (χ2n) is 5.29. The Hall–Kier alpha value is -0.930. The van der Waals surface area contributed by atoms with Gasteiger partial charge in [0.25, 0.3) is 0 Å². The quantitative estimate of drug-likeness (QED) is 0.617. The molecule has 1 N–H and O–H groups in total. The summed E-state index contributed by atoms with van der Waals surface area (Å²) in [6.45, 7) is 2.53. The van der Waals surface area contributed by atoms with Crippen LogP contribution in [0.5, 0.6) is 11.5 Å². The van der Waals surface area contributed by atoms with Crippen LogP contribution in [-0.2, 0) is 0 Å². The third kappa shape index (κ3) is 4.88. The molecule has 0 saturated heterocycles. The van der Waals surface area contributed by atoms with Crippen LogP contribution in [0.1, 0.15) is 25.7 Å². The summed E-state index contributed by atoms with van der Waals surface area (Å²) in [4.78, 5) is 0. The second-order valence-corrected chi connectivity index (χ2v) is 5.85. The highest BCUT2D eigenvalue weighted by Gasteiger charge is 2.22. The zero-order valence-corrected chi connectivity index (χ0v) is 12.9. The average Bonchev–Trinajstić information content (AvgIpc) is 2.49. The van der Waals surface area contributed by atoms with Gasteiger partial charge in [-0.05, 0) is 49.6 Å². The summed E-state index contributed by atoms with van der Waals surface area (Å²) in [5.41, 5.74) is 0. The molecule has 1 aliphatic carbocycles. The summed E-state index contributed by atoms with van der Waals surface area (Å²) < 4.78 is 10.8. The second kappa shape index (κ2) is 8.38. The molecule has 0 amide bonds. The molecular weight excluding hydrogens is 274 g/mol. The van der Waals surface area contributed by atoms with Crippen LogP contribution in [0, 0.1) is 5.92 Å². The molecule has 2 atom stereocenters. The lowest BCUT2D eigenvalue weighted by Crippen LogP contribution is -2.33. The molecule has 1 aromatic carbocycles. The van der Waals surface area contributed by atoms with Crippen molar-refractivity contribution in [2.45, 2.75) is 31.1 Å². The summed E-state index contributed by atoms with van der Waals surface area (Å²) in [6, 6.07) is 7.66. The van der Waals surface area contributed by atoms with Crippen LogP contribution in [0.15, 0.2) is 24.3 Å². The van der Waals surface area contributed by atoms with Crippen LogP contribution >= 0.6 is 11.6 Å². The molecular formula is C16H24ClNO2. The maximum Gasteiger partial charge on any atom is 0.119 e. The highest BCUT2D eigenvalue weighted by Crippen LogP contribution is 2.27. The first-order valence-corrected chi connectivity index (χ1v) is 7.85. The van der Waals surface area contributed by atoms with Crippen LogP contribution in [0.3, 0.4) is 0 Å². The van der Waals surface area contributed by atoms with E-state index in [2.05, 4.69) is 5.32 Å². The number of benzene rings is 1. The molecule has 4 heteroatoms. The summed E-state index contributed by atoms with van der Waals surface area (Å²) in [5, 5.41) is 3.79. The van der Waals surface area contributed by atoms with Crippen LogP contribution in [0.25, 0.3) is 0 Å². The lowest BCUT2D eigenvalue weighted by molar-refractivity contribution is 0.296. The van der Waals surface area contributed by atoms with Crippen LogP contribution < -0.4 is 14.8 Å². The first kappa shape index (κ1) is 15.5. The molecule has 0 aromatic heterocycles. The highest BCUT2D eigenvalue weighted by molar-refractivity contribution is 6.20. The van der Waals surface area contributed by atoms with Crippen molar-refractivity contribution in [1.82, 2.24) is 5.32 Å². The zero-order chi connectivity index (χ0) is 14.2. The van der Waals surface area contributed by atoms with Gasteiger partial charge in [-0.3, -0.25) is 0 Å². The fourth-order valence-corrected chi connectivity index (χ4v) is 2.96. The SMILES string of the molecule is COc1ccc(OCCNCC2CCCCC2Cl)cc1. The Bertz CT molecular complexity index is 383. The minimum Gasteiger partial charge on any atom is -0.497 e. The molecule has 2 unspecified atom stereocenters. The Balaban J connectivity index is 1.58. The lowest BCUT2D eigenvalue weighted by atomic mass is 9.89. The van der Waals surface area contributed by atoms with E-state index in [0.29, 0.717) is 17.9 Å². The van der Waals surface area contributed by atoms with Gasteiger partial charge in [0.05, 0.1) is 7.11 Å². The van der Waals surface area contributed by atoms with Gasteiger partial charge in [0.15, 0.2) is 0 Å². The number of hydrogen-bond acceptors (Lipinski definition) is 3. The molecule has 1 saturated carbocycles. The van der Waals surface area contributed by atoms with Crippen molar-refractivity contribution in [1.29, 1.82) is 0 Å². The van der Waals surface area contributed by atoms with E-state index in [1.807, 2.05) is 24.3 Å². The number of alkyl halides is 1. The number of halogens is 1. The normalized spacial score (nSPS) is 22.5. The molecule has 1 aliphatic rings. The smallest absolute Gasteiger partial charge is 0.119 e. The van der Waals surface area contributed by atoms with Gasteiger partial charge < -0.3 is 14.8 Å². The van der Waals surface area contributed by atoms with Gasteiger partial charge in [-0.15, -0.1) is 11.6 Å². The highest BCUT2D eigenvalue weighted by atomic mass is 35.5. The molecule has 1 aromatic rings. The third-order valence-electron chi connectivity index (χ3n) is 3.83. The zero-order valence-electron chi connectivity index (χ0n) is 12.1. The monoisotopic (exact) mass is 297 g/mol. The molecule has 0 heterocycles. The number of methoxy groups -OCH3 is 1. The van der Waals surface area contributed by atoms with Gasteiger partial charge in [0, 0.05) is 11.9 Å². The molecule has 1 fully saturated rings. The van der Waals surface area contributed by atoms with Crippen molar-refractivity contribution < 1.29 is 9.47 Å². The van der Waals surface area contributed by atoms with Crippen molar-refractivity contribution >= 4 is 11.6 Å². The van der Waals surface area contributed by atoms with E-state index in [9.17, 15) is 0 Å². The largest absolute Gasteiger partial charge is 0.497 e. The molecule has 0 spiro atoms. The minimum atomic E-state index is 0.346. The molecule has 2 rings (SSSR count). The predicted molar refractivity (Wildman–Crippen MR) is 83.0 cm³/mol. The van der Waals surface area contributed by atoms with Gasteiger partial charge in [-0.1, -0.05) is 12.8 Å². The van der Waals surface area contributed by atoms with Crippen molar-refractivity contribution in [3.63, 3.8) is 0 Å². The molecule has 0 aliphatic heterocycles. The number of ether oxygens (including phenoxy) is 2. The maximum atomic E-state index is 6.34. The van der Waals surface area contributed by atoms with Gasteiger partial charge in [0.2, 0.25) is 0 Å². The summed E-state index contributed by atoms with van der Waals surface area (Å²) in [5.74, 6) is 2.34. The summed E-state index contributed by atoms with van der Waals surface area (Å²) >= 11 is 6.34. The summed E-state index contributed by atoms with van der Waals surface area (Å²) in [6.07, 6.45) is 5.01. The predicted octanol–water partition coefficient (Wildman–Crippen LogP) is 3.46. The topological polar surface area (TPSA) is 30.5 Å². The number of nitrogens with one attached hydrogen (secondary N) is 1. The van der Waals surface area contributed by atoms with Gasteiger partial charge in [-0.25, -0.2) is 0 Å². The molecule has 3 nitrogen and oxygen atoms in total. The molecule has 0 radical (unpaired) electrons. The van der Waals surface area contributed by atoms with Gasteiger partial charge in [0.1, 0.15) is 18.1 Å². The number of rotatable bonds is 7. The third-order valence-corrected chi connectivity index (χ3v) is 4.40. The fraction of sp³-hybridized carbons (Fsp3) is 0.625. The van der Waals surface area contributed by atoms with E-state index in [1.165, 1.54) is 19.3 Å². The van der Waals surface area contributed by atoms with Crippen molar-refractivity contribution in [2.24, 2.45) is 5.92 Å². The van der Waals surface area contributed by atoms with Crippen molar-refractivity contribution in [3.8, 4) is 11.5 Å². The van der Waals surface area contributed by atoms with Gasteiger partial charge >= 0.3 is 0 Å². The van der Waals surface area contributed by atoms with E-state index in [1.54, 1.807) is 7.11 Å². The standard InChI is InChI=1S/C16H24ClNO2/c1-19-14-6-8-15(9-7-14)20-11-10-18-12-13-4-2-3-5-16(13)17/h6-9,13,16,18H,2-5,10-12H2,1H3. The van der Waals surface area contributed by atoms with Crippen molar-refractivity contribution in [3.05, 3.63) is 24.3 Å². The van der Waals surface area contributed by atoms with E-state index in [0.717, 1.165) is 31.0 Å². The Morgan fingerprint density at radius 1 is 1.15 bits per heavy atom. The van der Waals surface area contributed by atoms with E-state index in [-0.39, 0.29) is 0 Å². The first-order chi connectivity index (χ1) is 9.79. The number of hydrogen-bond donors (Lipinski definition) is 1. The van der Waals surface area contributed by atoms with Crippen LogP contribution in [0.4, 0.5) is 0 Å².